The van der Waals surface area contributed by atoms with Gasteiger partial charge in [-0.3, -0.25) is 4.79 Å². The van der Waals surface area contributed by atoms with E-state index in [1.54, 1.807) is 0 Å². The minimum atomic E-state index is -1.26. The van der Waals surface area contributed by atoms with Crippen molar-refractivity contribution in [2.45, 2.75) is 18.9 Å². The van der Waals surface area contributed by atoms with E-state index in [4.69, 9.17) is 27.5 Å². The summed E-state index contributed by atoms with van der Waals surface area (Å²) in [7, 11) is 0. The SMILES string of the molecule is CC(Cc1ccc(Cl)cc1)(NC(=O)CN)c1ccccc1.O=C(O)/C=C\C(=O)O. The Morgan fingerprint density at radius 2 is 1.52 bits per heavy atom. The van der Waals surface area contributed by atoms with Gasteiger partial charge in [0.1, 0.15) is 0 Å². The molecule has 0 saturated carbocycles. The summed E-state index contributed by atoms with van der Waals surface area (Å²) in [6, 6.07) is 17.5. The van der Waals surface area contributed by atoms with Crippen LogP contribution in [0.3, 0.4) is 0 Å². The molecule has 0 spiro atoms. The number of aliphatic carboxylic acids is 2. The molecule has 0 saturated heterocycles. The van der Waals surface area contributed by atoms with Gasteiger partial charge in [0.25, 0.3) is 0 Å². The fourth-order valence-corrected chi connectivity index (χ4v) is 2.66. The Kier molecular flexibility index (Phi) is 9.58. The molecule has 154 valence electrons. The lowest BCUT2D eigenvalue weighted by atomic mass is 9.85. The summed E-state index contributed by atoms with van der Waals surface area (Å²) in [4.78, 5) is 30.9. The van der Waals surface area contributed by atoms with E-state index in [2.05, 4.69) is 5.32 Å². The molecule has 1 amide bonds. The molecule has 1 unspecified atom stereocenters. The average Bonchev–Trinajstić information content (AvgIpc) is 2.69. The molecule has 7 nitrogen and oxygen atoms in total. The maximum Gasteiger partial charge on any atom is 0.328 e. The fraction of sp³-hybridized carbons (Fsp3) is 0.190. The van der Waals surface area contributed by atoms with Gasteiger partial charge in [-0.25, -0.2) is 9.59 Å². The summed E-state index contributed by atoms with van der Waals surface area (Å²) in [5.41, 5.74) is 7.08. The van der Waals surface area contributed by atoms with Crippen molar-refractivity contribution in [3.63, 3.8) is 0 Å². The molecule has 0 aliphatic carbocycles. The molecule has 5 N–H and O–H groups in total. The lowest BCUT2D eigenvalue weighted by molar-refractivity contribution is -0.134. The summed E-state index contributed by atoms with van der Waals surface area (Å²) >= 11 is 5.92. The Balaban J connectivity index is 0.000000447. The lowest BCUT2D eigenvalue weighted by Gasteiger charge is -2.31. The van der Waals surface area contributed by atoms with Gasteiger partial charge in [-0.05, 0) is 36.6 Å². The van der Waals surface area contributed by atoms with Crippen molar-refractivity contribution in [3.8, 4) is 0 Å². The zero-order chi connectivity index (χ0) is 21.9. The van der Waals surface area contributed by atoms with Crippen molar-refractivity contribution in [2.75, 3.05) is 6.54 Å². The number of nitrogens with one attached hydrogen (secondary N) is 1. The third kappa shape index (κ3) is 9.05. The molecule has 2 rings (SSSR count). The number of amides is 1. The molecular formula is C21H23ClN2O5. The second-order valence-corrected chi connectivity index (χ2v) is 6.70. The van der Waals surface area contributed by atoms with Crippen LogP contribution >= 0.6 is 11.6 Å². The van der Waals surface area contributed by atoms with Gasteiger partial charge in [0.15, 0.2) is 0 Å². The minimum absolute atomic E-state index is 0.0248. The van der Waals surface area contributed by atoms with Crippen LogP contribution in [0.1, 0.15) is 18.1 Å². The first kappa shape index (κ1) is 23.9. The number of carbonyl (C=O) groups is 3. The molecule has 0 aliphatic heterocycles. The second-order valence-electron chi connectivity index (χ2n) is 6.26. The third-order valence-corrected chi connectivity index (χ3v) is 4.10. The Morgan fingerprint density at radius 3 is 1.97 bits per heavy atom. The predicted molar refractivity (Wildman–Crippen MR) is 111 cm³/mol. The van der Waals surface area contributed by atoms with Gasteiger partial charge in [0, 0.05) is 17.2 Å². The van der Waals surface area contributed by atoms with Crippen LogP contribution < -0.4 is 11.1 Å². The Morgan fingerprint density at radius 1 is 1.00 bits per heavy atom. The lowest BCUT2D eigenvalue weighted by Crippen LogP contribution is -2.47. The zero-order valence-corrected chi connectivity index (χ0v) is 16.6. The van der Waals surface area contributed by atoms with Gasteiger partial charge < -0.3 is 21.3 Å². The normalized spacial score (nSPS) is 12.4. The third-order valence-electron chi connectivity index (χ3n) is 3.85. The van der Waals surface area contributed by atoms with Gasteiger partial charge >= 0.3 is 11.9 Å². The summed E-state index contributed by atoms with van der Waals surface area (Å²) in [5.74, 6) is -2.69. The number of carboxylic acids is 2. The molecule has 8 heteroatoms. The number of carboxylic acid groups (broad SMARTS) is 2. The van der Waals surface area contributed by atoms with Crippen LogP contribution in [0.2, 0.25) is 5.02 Å². The van der Waals surface area contributed by atoms with Gasteiger partial charge in [-0.2, -0.15) is 0 Å². The van der Waals surface area contributed by atoms with Gasteiger partial charge in [0.05, 0.1) is 12.1 Å². The number of benzene rings is 2. The highest BCUT2D eigenvalue weighted by atomic mass is 35.5. The van der Waals surface area contributed by atoms with E-state index in [1.165, 1.54) is 0 Å². The van der Waals surface area contributed by atoms with E-state index >= 15 is 0 Å². The molecule has 0 fully saturated rings. The van der Waals surface area contributed by atoms with Crippen molar-refractivity contribution in [1.29, 1.82) is 0 Å². The maximum absolute atomic E-state index is 11.8. The Hall–Kier alpha value is -3.16. The molecule has 2 aromatic carbocycles. The molecule has 0 bridgehead atoms. The van der Waals surface area contributed by atoms with Crippen LogP contribution in [-0.2, 0) is 26.3 Å². The van der Waals surface area contributed by atoms with E-state index < -0.39 is 17.5 Å². The first-order valence-corrected chi connectivity index (χ1v) is 8.99. The quantitative estimate of drug-likeness (QED) is 0.511. The van der Waals surface area contributed by atoms with E-state index in [1.807, 2.05) is 61.5 Å². The van der Waals surface area contributed by atoms with E-state index in [-0.39, 0.29) is 12.5 Å². The van der Waals surface area contributed by atoms with Crippen molar-refractivity contribution >= 4 is 29.4 Å². The van der Waals surface area contributed by atoms with Gasteiger partial charge in [-0.1, -0.05) is 54.1 Å². The monoisotopic (exact) mass is 418 g/mol. The largest absolute Gasteiger partial charge is 0.478 e. The minimum Gasteiger partial charge on any atom is -0.478 e. The molecular weight excluding hydrogens is 396 g/mol. The maximum atomic E-state index is 11.8. The van der Waals surface area contributed by atoms with Crippen LogP contribution in [0.4, 0.5) is 0 Å². The first-order chi connectivity index (χ1) is 13.7. The highest BCUT2D eigenvalue weighted by Crippen LogP contribution is 2.26. The predicted octanol–water partition coefficient (Wildman–Crippen LogP) is 2.58. The Bertz CT molecular complexity index is 837. The molecule has 29 heavy (non-hydrogen) atoms. The van der Waals surface area contributed by atoms with E-state index in [0.29, 0.717) is 23.6 Å². The average molecular weight is 419 g/mol. The van der Waals surface area contributed by atoms with Crippen LogP contribution in [-0.4, -0.2) is 34.6 Å². The summed E-state index contributed by atoms with van der Waals surface area (Å²) < 4.78 is 0. The molecule has 1 atom stereocenters. The molecule has 2 aromatic rings. The van der Waals surface area contributed by atoms with Crippen LogP contribution in [0.5, 0.6) is 0 Å². The summed E-state index contributed by atoms with van der Waals surface area (Å²) in [5, 5.41) is 19.4. The van der Waals surface area contributed by atoms with Gasteiger partial charge in [0.2, 0.25) is 5.91 Å². The van der Waals surface area contributed by atoms with Crippen molar-refractivity contribution in [2.24, 2.45) is 5.73 Å². The van der Waals surface area contributed by atoms with Crippen molar-refractivity contribution < 1.29 is 24.6 Å². The molecule has 0 radical (unpaired) electrons. The highest BCUT2D eigenvalue weighted by Gasteiger charge is 2.28. The van der Waals surface area contributed by atoms with Crippen LogP contribution in [0.15, 0.2) is 66.7 Å². The number of hydrogen-bond acceptors (Lipinski definition) is 4. The van der Waals surface area contributed by atoms with Crippen LogP contribution in [0, 0.1) is 0 Å². The number of rotatable bonds is 7. The zero-order valence-electron chi connectivity index (χ0n) is 15.8. The summed E-state index contributed by atoms with van der Waals surface area (Å²) in [6.07, 6.45) is 1.78. The smallest absolute Gasteiger partial charge is 0.328 e. The first-order valence-electron chi connectivity index (χ1n) is 8.61. The topological polar surface area (TPSA) is 130 Å². The number of hydrogen-bond donors (Lipinski definition) is 4. The number of halogens is 1. The molecule has 0 aromatic heterocycles. The van der Waals surface area contributed by atoms with Gasteiger partial charge in [-0.15, -0.1) is 0 Å². The standard InChI is InChI=1S/C17H19ClN2O.C4H4O4/c1-17(20-16(21)12-19,14-5-3-2-4-6-14)11-13-7-9-15(18)10-8-13;5-3(6)1-2-4(7)8/h2-10H,11-12,19H2,1H3,(H,20,21);1-2H,(H,5,6)(H,7,8)/b;2-1-. The van der Waals surface area contributed by atoms with E-state index in [0.717, 1.165) is 11.1 Å². The summed E-state index contributed by atoms with van der Waals surface area (Å²) in [6.45, 7) is 1.98. The van der Waals surface area contributed by atoms with E-state index in [9.17, 15) is 14.4 Å². The second kappa shape index (κ2) is 11.6. The molecule has 0 heterocycles. The highest BCUT2D eigenvalue weighted by molar-refractivity contribution is 6.30. The Labute approximate surface area is 173 Å². The van der Waals surface area contributed by atoms with Crippen molar-refractivity contribution in [1.82, 2.24) is 5.32 Å². The van der Waals surface area contributed by atoms with Crippen molar-refractivity contribution in [3.05, 3.63) is 82.9 Å². The number of nitrogens with two attached hydrogens (primary N) is 1. The fourth-order valence-electron chi connectivity index (χ4n) is 2.54. The van der Waals surface area contributed by atoms with Crippen LogP contribution in [0.25, 0.3) is 0 Å². The number of carbonyl (C=O) groups excluding carboxylic acids is 1. The molecule has 0 aliphatic rings.